The summed E-state index contributed by atoms with van der Waals surface area (Å²) in [5.41, 5.74) is 8.34. The maximum atomic E-state index is 11.8. The zero-order valence-corrected chi connectivity index (χ0v) is 17.6. The van der Waals surface area contributed by atoms with Crippen molar-refractivity contribution in [2.45, 2.75) is 6.92 Å². The van der Waals surface area contributed by atoms with Crippen molar-refractivity contribution < 1.29 is 23.7 Å². The fourth-order valence-corrected chi connectivity index (χ4v) is 3.09. The van der Waals surface area contributed by atoms with Gasteiger partial charge in [0.1, 0.15) is 0 Å². The Kier molecular flexibility index (Phi) is 7.97. The molecule has 0 spiro atoms. The summed E-state index contributed by atoms with van der Waals surface area (Å²) < 4.78 is 21.4. The Hall–Kier alpha value is -3.13. The lowest BCUT2D eigenvalue weighted by Gasteiger charge is -2.26. The van der Waals surface area contributed by atoms with E-state index in [4.69, 9.17) is 24.7 Å². The van der Waals surface area contributed by atoms with E-state index in [0.29, 0.717) is 48.2 Å². The van der Waals surface area contributed by atoms with Crippen LogP contribution < -0.4 is 30.2 Å². The lowest BCUT2D eigenvalue weighted by atomic mass is 10.1. The number of nitrogens with zero attached hydrogens (tertiary/aromatic N) is 1. The highest BCUT2D eigenvalue weighted by molar-refractivity contribution is 5.99. The van der Waals surface area contributed by atoms with Crippen molar-refractivity contribution in [1.82, 2.24) is 0 Å². The molecule has 0 aliphatic heterocycles. The summed E-state index contributed by atoms with van der Waals surface area (Å²) in [6.45, 7) is 3.76. The molecule has 0 atom stereocenters. The zero-order chi connectivity index (χ0) is 21.4. The van der Waals surface area contributed by atoms with E-state index in [-0.39, 0.29) is 0 Å². The van der Waals surface area contributed by atoms with Gasteiger partial charge < -0.3 is 34.9 Å². The highest BCUT2D eigenvalue weighted by Gasteiger charge is 2.18. The van der Waals surface area contributed by atoms with E-state index in [1.807, 2.05) is 31.2 Å². The molecule has 3 N–H and O–H groups in total. The molecule has 1 amide bonds. The number of carbonyl (C=O) groups is 1. The lowest BCUT2D eigenvalue weighted by Crippen LogP contribution is -2.19. The number of nitrogens with two attached hydrogens (primary N) is 1. The third-order valence-electron chi connectivity index (χ3n) is 4.48. The molecule has 0 saturated carbocycles. The van der Waals surface area contributed by atoms with Crippen LogP contribution in [0.1, 0.15) is 17.3 Å². The molecule has 0 radical (unpaired) electrons. The van der Waals surface area contributed by atoms with Crippen LogP contribution in [-0.2, 0) is 4.74 Å². The monoisotopic (exact) mass is 403 g/mol. The molecule has 2 aromatic carbocycles. The Morgan fingerprint density at radius 1 is 1.00 bits per heavy atom. The number of nitrogens with one attached hydrogen (secondary N) is 1. The van der Waals surface area contributed by atoms with Crippen LogP contribution >= 0.6 is 0 Å². The third-order valence-corrected chi connectivity index (χ3v) is 4.48. The number of methoxy groups -OCH3 is 4. The first-order valence-corrected chi connectivity index (χ1v) is 9.24. The quantitative estimate of drug-likeness (QED) is 0.557. The maximum absolute atomic E-state index is 11.8. The number of ether oxygens (including phenoxy) is 4. The molecule has 0 aliphatic rings. The second kappa shape index (κ2) is 10.4. The van der Waals surface area contributed by atoms with Crippen LogP contribution in [0.15, 0.2) is 30.3 Å². The van der Waals surface area contributed by atoms with Crippen molar-refractivity contribution in [3.63, 3.8) is 0 Å². The van der Waals surface area contributed by atoms with Crippen LogP contribution in [0.3, 0.4) is 0 Å². The molecule has 0 aliphatic carbocycles. The first-order valence-electron chi connectivity index (χ1n) is 9.24. The summed E-state index contributed by atoms with van der Waals surface area (Å²) in [5.74, 6) is 1.16. The second-order valence-electron chi connectivity index (χ2n) is 6.14. The van der Waals surface area contributed by atoms with E-state index in [0.717, 1.165) is 11.4 Å². The van der Waals surface area contributed by atoms with Gasteiger partial charge in [0.05, 0.1) is 33.5 Å². The first kappa shape index (κ1) is 22.2. The van der Waals surface area contributed by atoms with E-state index >= 15 is 0 Å². The van der Waals surface area contributed by atoms with Crippen molar-refractivity contribution in [2.24, 2.45) is 5.73 Å². The Morgan fingerprint density at radius 3 is 2.14 bits per heavy atom. The Labute approximate surface area is 171 Å². The average Bonchev–Trinajstić information content (AvgIpc) is 2.73. The average molecular weight is 403 g/mol. The van der Waals surface area contributed by atoms with Gasteiger partial charge in [0.2, 0.25) is 5.75 Å². The van der Waals surface area contributed by atoms with Gasteiger partial charge in [0.25, 0.3) is 5.91 Å². The van der Waals surface area contributed by atoms with Gasteiger partial charge in [-0.2, -0.15) is 0 Å². The first-order chi connectivity index (χ1) is 14.0. The molecule has 0 aromatic heterocycles. The van der Waals surface area contributed by atoms with Crippen molar-refractivity contribution in [1.29, 1.82) is 0 Å². The van der Waals surface area contributed by atoms with E-state index in [1.165, 1.54) is 0 Å². The predicted octanol–water partition coefficient (Wildman–Crippen LogP) is 3.03. The van der Waals surface area contributed by atoms with Crippen LogP contribution in [0.2, 0.25) is 0 Å². The molecule has 158 valence electrons. The number of anilines is 3. The van der Waals surface area contributed by atoms with Crippen LogP contribution in [0, 0.1) is 0 Å². The molecule has 0 unspecified atom stereocenters. The van der Waals surface area contributed by atoms with Crippen LogP contribution in [0.5, 0.6) is 17.2 Å². The SMILES string of the molecule is CCN(c1ccc(C(N)=O)c(NCCOC)c1)c1cc(OC)c(OC)c(OC)c1. The normalized spacial score (nSPS) is 10.4. The fraction of sp³-hybridized carbons (Fsp3) is 0.381. The Morgan fingerprint density at radius 2 is 1.66 bits per heavy atom. The van der Waals surface area contributed by atoms with E-state index < -0.39 is 5.91 Å². The van der Waals surface area contributed by atoms with Crippen LogP contribution in [0.25, 0.3) is 0 Å². The van der Waals surface area contributed by atoms with Crippen molar-refractivity contribution >= 4 is 23.0 Å². The lowest BCUT2D eigenvalue weighted by molar-refractivity contribution is 0.100. The molecule has 0 saturated heterocycles. The Bertz CT molecular complexity index is 816. The number of benzene rings is 2. The summed E-state index contributed by atoms with van der Waals surface area (Å²) in [4.78, 5) is 13.9. The van der Waals surface area contributed by atoms with E-state index in [1.54, 1.807) is 34.5 Å². The third kappa shape index (κ3) is 5.03. The molecule has 0 fully saturated rings. The molecule has 0 bridgehead atoms. The van der Waals surface area contributed by atoms with E-state index in [9.17, 15) is 4.79 Å². The topological polar surface area (TPSA) is 95.3 Å². The smallest absolute Gasteiger partial charge is 0.250 e. The second-order valence-corrected chi connectivity index (χ2v) is 6.14. The fourth-order valence-electron chi connectivity index (χ4n) is 3.09. The van der Waals surface area contributed by atoms with Gasteiger partial charge in [-0.25, -0.2) is 0 Å². The van der Waals surface area contributed by atoms with Gasteiger partial charge in [0, 0.05) is 49.4 Å². The van der Waals surface area contributed by atoms with E-state index in [2.05, 4.69) is 10.2 Å². The van der Waals surface area contributed by atoms with Gasteiger partial charge in [-0.1, -0.05) is 0 Å². The molecule has 8 heteroatoms. The molecular formula is C21H29N3O5. The van der Waals surface area contributed by atoms with Crippen LogP contribution in [0.4, 0.5) is 17.1 Å². The number of primary amides is 1. The minimum atomic E-state index is -0.493. The predicted molar refractivity (Wildman–Crippen MR) is 114 cm³/mol. The minimum absolute atomic E-state index is 0.422. The van der Waals surface area contributed by atoms with Crippen molar-refractivity contribution in [3.05, 3.63) is 35.9 Å². The molecular weight excluding hydrogens is 374 g/mol. The van der Waals surface area contributed by atoms with Gasteiger partial charge in [0.15, 0.2) is 11.5 Å². The summed E-state index contributed by atoms with van der Waals surface area (Å²) in [7, 11) is 6.35. The Balaban J connectivity index is 2.50. The molecule has 2 rings (SSSR count). The number of amides is 1. The number of rotatable bonds is 11. The van der Waals surface area contributed by atoms with Gasteiger partial charge in [-0.15, -0.1) is 0 Å². The summed E-state index contributed by atoms with van der Waals surface area (Å²) in [6.07, 6.45) is 0. The zero-order valence-electron chi connectivity index (χ0n) is 17.6. The largest absolute Gasteiger partial charge is 0.493 e. The summed E-state index contributed by atoms with van der Waals surface area (Å²) in [6, 6.07) is 9.22. The standard InChI is InChI=1S/C21H29N3O5/c1-6-24(15-12-18(27-3)20(29-5)19(13-15)28-4)14-7-8-16(21(22)25)17(11-14)23-9-10-26-2/h7-8,11-13,23H,6,9-10H2,1-5H3,(H2,22,25). The number of hydrogen-bond acceptors (Lipinski definition) is 7. The molecule has 2 aromatic rings. The molecule has 29 heavy (non-hydrogen) atoms. The van der Waals surface area contributed by atoms with Gasteiger partial charge >= 0.3 is 0 Å². The number of carbonyl (C=O) groups excluding carboxylic acids is 1. The summed E-state index contributed by atoms with van der Waals surface area (Å²) in [5, 5.41) is 3.21. The van der Waals surface area contributed by atoms with Gasteiger partial charge in [-0.05, 0) is 25.1 Å². The molecule has 0 heterocycles. The van der Waals surface area contributed by atoms with Gasteiger partial charge in [-0.3, -0.25) is 4.79 Å². The van der Waals surface area contributed by atoms with Crippen molar-refractivity contribution in [3.8, 4) is 17.2 Å². The summed E-state index contributed by atoms with van der Waals surface area (Å²) >= 11 is 0. The van der Waals surface area contributed by atoms with Crippen molar-refractivity contribution in [2.75, 3.05) is 58.4 Å². The minimum Gasteiger partial charge on any atom is -0.493 e. The highest BCUT2D eigenvalue weighted by atomic mass is 16.5. The van der Waals surface area contributed by atoms with Crippen LogP contribution in [-0.4, -0.2) is 54.0 Å². The number of hydrogen-bond donors (Lipinski definition) is 2. The molecule has 8 nitrogen and oxygen atoms in total. The maximum Gasteiger partial charge on any atom is 0.250 e. The highest BCUT2D eigenvalue weighted by Crippen LogP contribution is 2.42.